The van der Waals surface area contributed by atoms with Crippen molar-refractivity contribution < 1.29 is 13.2 Å². The third-order valence-electron chi connectivity index (χ3n) is 3.35. The van der Waals surface area contributed by atoms with Gasteiger partial charge in [-0.05, 0) is 19.8 Å². The minimum atomic E-state index is -3.54. The van der Waals surface area contributed by atoms with E-state index in [0.717, 1.165) is 0 Å². The first-order valence-electron chi connectivity index (χ1n) is 6.02. The van der Waals surface area contributed by atoms with Crippen LogP contribution in [0.1, 0.15) is 18.7 Å². The lowest BCUT2D eigenvalue weighted by Gasteiger charge is -2.27. The normalized spacial score (nSPS) is 18.2. The molecule has 104 valence electrons. The summed E-state index contributed by atoms with van der Waals surface area (Å²) < 4.78 is 27.8. The molecule has 0 unspecified atom stereocenters. The summed E-state index contributed by atoms with van der Waals surface area (Å²) in [5.74, 6) is 0.652. The van der Waals surface area contributed by atoms with E-state index in [1.807, 2.05) is 0 Å². The van der Waals surface area contributed by atoms with Gasteiger partial charge in [-0.2, -0.15) is 4.31 Å². The molecule has 0 aromatic carbocycles. The number of carbonyl (C=O) groups excluding carboxylic acids is 1. The second-order valence-corrected chi connectivity index (χ2v) is 6.48. The van der Waals surface area contributed by atoms with Crippen molar-refractivity contribution in [2.75, 3.05) is 13.1 Å². The number of isocyanates is 1. The Morgan fingerprint density at radius 3 is 2.53 bits per heavy atom. The molecular weight excluding hydrogens is 268 g/mol. The standard InChI is InChI=1S/C11H16N4O3S/c1-9-13-11(7-14(9)2)19(17,18)15-5-3-10(4-6-15)12-8-16/h7,10H,3-6H2,1-2H3. The predicted octanol–water partition coefficient (Wildman–Crippen LogP) is 0.217. The molecule has 0 N–H and O–H groups in total. The van der Waals surface area contributed by atoms with Gasteiger partial charge in [0.05, 0.1) is 6.04 Å². The van der Waals surface area contributed by atoms with Crippen LogP contribution in [-0.2, 0) is 21.9 Å². The van der Waals surface area contributed by atoms with E-state index >= 15 is 0 Å². The molecule has 1 aliphatic rings. The minimum Gasteiger partial charge on any atom is -0.337 e. The van der Waals surface area contributed by atoms with Crippen LogP contribution in [0.4, 0.5) is 0 Å². The molecule has 1 aromatic heterocycles. The summed E-state index contributed by atoms with van der Waals surface area (Å²) in [4.78, 5) is 17.9. The molecule has 0 bridgehead atoms. The van der Waals surface area contributed by atoms with Crippen molar-refractivity contribution in [3.63, 3.8) is 0 Å². The molecular formula is C11H16N4O3S. The minimum absolute atomic E-state index is 0.0739. The highest BCUT2D eigenvalue weighted by Crippen LogP contribution is 2.21. The monoisotopic (exact) mass is 284 g/mol. The lowest BCUT2D eigenvalue weighted by molar-refractivity contribution is 0.319. The van der Waals surface area contributed by atoms with E-state index in [4.69, 9.17) is 0 Å². The number of hydrogen-bond donors (Lipinski definition) is 0. The van der Waals surface area contributed by atoms with Gasteiger partial charge in [-0.25, -0.2) is 23.2 Å². The van der Waals surface area contributed by atoms with Crippen LogP contribution in [0, 0.1) is 6.92 Å². The van der Waals surface area contributed by atoms with Crippen molar-refractivity contribution >= 4 is 16.1 Å². The van der Waals surface area contributed by atoms with Crippen molar-refractivity contribution in [1.29, 1.82) is 0 Å². The van der Waals surface area contributed by atoms with Crippen molar-refractivity contribution in [2.45, 2.75) is 30.8 Å². The first-order valence-corrected chi connectivity index (χ1v) is 7.46. The smallest absolute Gasteiger partial charge is 0.262 e. The maximum absolute atomic E-state index is 12.4. The highest BCUT2D eigenvalue weighted by atomic mass is 32.2. The summed E-state index contributed by atoms with van der Waals surface area (Å²) in [6.07, 6.45) is 4.12. The van der Waals surface area contributed by atoms with Crippen LogP contribution >= 0.6 is 0 Å². The average Bonchev–Trinajstić information content (AvgIpc) is 2.71. The number of rotatable bonds is 3. The van der Waals surface area contributed by atoms with Gasteiger partial charge in [0.1, 0.15) is 5.82 Å². The Kier molecular flexibility index (Phi) is 3.84. The van der Waals surface area contributed by atoms with E-state index in [1.54, 1.807) is 18.5 Å². The van der Waals surface area contributed by atoms with Gasteiger partial charge in [-0.1, -0.05) is 0 Å². The van der Waals surface area contributed by atoms with Gasteiger partial charge >= 0.3 is 0 Å². The molecule has 0 amide bonds. The molecule has 7 nitrogen and oxygen atoms in total. The SMILES string of the molecule is Cc1nc(S(=O)(=O)N2CCC(N=C=O)CC2)cn1C. The highest BCUT2D eigenvalue weighted by Gasteiger charge is 2.31. The summed E-state index contributed by atoms with van der Waals surface area (Å²) in [6, 6.07) is -0.116. The number of sulfonamides is 1. The van der Waals surface area contributed by atoms with Crippen molar-refractivity contribution in [1.82, 2.24) is 13.9 Å². The van der Waals surface area contributed by atoms with Crippen LogP contribution in [-0.4, -0.2) is 47.5 Å². The molecule has 2 rings (SSSR count). The number of aromatic nitrogens is 2. The molecule has 1 aliphatic heterocycles. The molecule has 0 radical (unpaired) electrons. The van der Waals surface area contributed by atoms with Gasteiger partial charge in [-0.3, -0.25) is 0 Å². The van der Waals surface area contributed by atoms with Gasteiger partial charge < -0.3 is 4.57 Å². The summed E-state index contributed by atoms with van der Waals surface area (Å²) in [7, 11) is -1.78. The lowest BCUT2D eigenvalue weighted by atomic mass is 10.1. The number of imidazole rings is 1. The second kappa shape index (κ2) is 5.24. The fraction of sp³-hybridized carbons (Fsp3) is 0.636. The van der Waals surface area contributed by atoms with E-state index in [-0.39, 0.29) is 11.1 Å². The van der Waals surface area contributed by atoms with E-state index in [9.17, 15) is 13.2 Å². The molecule has 2 heterocycles. The summed E-state index contributed by atoms with van der Waals surface area (Å²) in [6.45, 7) is 2.46. The number of nitrogens with zero attached hydrogens (tertiary/aromatic N) is 4. The maximum Gasteiger partial charge on any atom is 0.262 e. The molecule has 1 saturated heterocycles. The van der Waals surface area contributed by atoms with E-state index < -0.39 is 10.0 Å². The van der Waals surface area contributed by atoms with Crippen LogP contribution in [0.15, 0.2) is 16.2 Å². The van der Waals surface area contributed by atoms with Crippen molar-refractivity contribution in [3.05, 3.63) is 12.0 Å². The average molecular weight is 284 g/mol. The quantitative estimate of drug-likeness (QED) is 0.587. The largest absolute Gasteiger partial charge is 0.337 e. The molecule has 19 heavy (non-hydrogen) atoms. The van der Waals surface area contributed by atoms with Crippen molar-refractivity contribution in [3.8, 4) is 0 Å². The Morgan fingerprint density at radius 1 is 1.42 bits per heavy atom. The molecule has 0 aliphatic carbocycles. The summed E-state index contributed by atoms with van der Waals surface area (Å²) in [5.41, 5.74) is 0. The van der Waals surface area contributed by atoms with Crippen LogP contribution in [0.3, 0.4) is 0 Å². The lowest BCUT2D eigenvalue weighted by Crippen LogP contribution is -2.39. The van der Waals surface area contributed by atoms with E-state index in [1.165, 1.54) is 16.6 Å². The van der Waals surface area contributed by atoms with Gasteiger partial charge in [0.15, 0.2) is 5.03 Å². The Balaban J connectivity index is 2.16. The van der Waals surface area contributed by atoms with Gasteiger partial charge in [0.25, 0.3) is 10.0 Å². The molecule has 8 heteroatoms. The van der Waals surface area contributed by atoms with Gasteiger partial charge in [0, 0.05) is 26.3 Å². The predicted molar refractivity (Wildman–Crippen MR) is 67.8 cm³/mol. The van der Waals surface area contributed by atoms with E-state index in [0.29, 0.717) is 31.8 Å². The zero-order valence-corrected chi connectivity index (χ0v) is 11.7. The topological polar surface area (TPSA) is 84.6 Å². The fourth-order valence-corrected chi connectivity index (χ4v) is 3.56. The fourth-order valence-electron chi connectivity index (χ4n) is 2.07. The Labute approximate surface area is 112 Å². The Hall–Kier alpha value is -1.50. The molecule has 0 spiro atoms. The second-order valence-electron chi connectivity index (χ2n) is 4.59. The van der Waals surface area contributed by atoms with Crippen LogP contribution in [0.2, 0.25) is 0 Å². The zero-order valence-electron chi connectivity index (χ0n) is 10.9. The number of aliphatic imine (C=N–C) groups is 1. The Morgan fingerprint density at radius 2 is 2.05 bits per heavy atom. The molecule has 0 atom stereocenters. The summed E-state index contributed by atoms with van der Waals surface area (Å²) in [5, 5.41) is 0.0739. The number of aryl methyl sites for hydroxylation is 2. The molecule has 1 aromatic rings. The van der Waals surface area contributed by atoms with Crippen LogP contribution in [0.5, 0.6) is 0 Å². The van der Waals surface area contributed by atoms with Crippen molar-refractivity contribution in [2.24, 2.45) is 12.0 Å². The molecule has 1 fully saturated rings. The van der Waals surface area contributed by atoms with Crippen LogP contribution in [0.25, 0.3) is 0 Å². The number of hydrogen-bond acceptors (Lipinski definition) is 5. The van der Waals surface area contributed by atoms with Crippen LogP contribution < -0.4 is 0 Å². The summed E-state index contributed by atoms with van der Waals surface area (Å²) >= 11 is 0. The third kappa shape index (κ3) is 2.75. The number of piperidine rings is 1. The Bertz CT molecular complexity index is 588. The maximum atomic E-state index is 12.4. The zero-order chi connectivity index (χ0) is 14.0. The van der Waals surface area contributed by atoms with Gasteiger partial charge in [0.2, 0.25) is 6.08 Å². The highest BCUT2D eigenvalue weighted by molar-refractivity contribution is 7.89. The van der Waals surface area contributed by atoms with E-state index in [2.05, 4.69) is 9.98 Å². The first-order chi connectivity index (χ1) is 8.95. The third-order valence-corrected chi connectivity index (χ3v) is 5.12. The van der Waals surface area contributed by atoms with Gasteiger partial charge in [-0.15, -0.1) is 0 Å². The molecule has 0 saturated carbocycles. The first kappa shape index (κ1) is 13.9.